The van der Waals surface area contributed by atoms with Gasteiger partial charge in [-0.3, -0.25) is 9.89 Å². The summed E-state index contributed by atoms with van der Waals surface area (Å²) in [6.45, 7) is 1.28. The number of hydrogen-bond donors (Lipinski definition) is 2. The number of H-pyrrole nitrogens is 1. The lowest BCUT2D eigenvalue weighted by molar-refractivity contribution is -0.140. The van der Waals surface area contributed by atoms with Crippen molar-refractivity contribution >= 4 is 11.8 Å². The minimum Gasteiger partial charge on any atom is -0.481 e. The van der Waals surface area contributed by atoms with E-state index in [1.54, 1.807) is 0 Å². The van der Waals surface area contributed by atoms with Crippen molar-refractivity contribution < 1.29 is 9.90 Å². The summed E-state index contributed by atoms with van der Waals surface area (Å²) in [6, 6.07) is 11.9. The maximum atomic E-state index is 11.0. The lowest BCUT2D eigenvalue weighted by atomic mass is 10.1. The second-order valence-electron chi connectivity index (χ2n) is 4.78. The molecule has 1 fully saturated rings. The molecule has 1 aliphatic heterocycles. The van der Waals surface area contributed by atoms with Crippen LogP contribution in [0, 0.1) is 5.92 Å². The topological polar surface area (TPSA) is 69.2 Å². The van der Waals surface area contributed by atoms with Crippen LogP contribution in [0.2, 0.25) is 0 Å². The number of carbonyl (C=O) groups is 1. The summed E-state index contributed by atoms with van der Waals surface area (Å²) in [6.07, 6.45) is 0.683. The highest BCUT2D eigenvalue weighted by Gasteiger charge is 2.29. The van der Waals surface area contributed by atoms with Crippen molar-refractivity contribution in [2.24, 2.45) is 5.92 Å². The third-order valence-corrected chi connectivity index (χ3v) is 3.51. The molecule has 0 spiro atoms. The standard InChI is InChI=1S/C14H15N3O2/c18-14(19)11-6-7-17(9-11)13-8-12(15-16-13)10-4-2-1-3-5-10/h1-5,8,11H,6-7,9H2,(H,15,16)(H,18,19). The fraction of sp³-hybridized carbons (Fsp3) is 0.286. The van der Waals surface area contributed by atoms with Gasteiger partial charge in [0.05, 0.1) is 11.6 Å². The van der Waals surface area contributed by atoms with Gasteiger partial charge in [0.15, 0.2) is 5.82 Å². The van der Waals surface area contributed by atoms with E-state index < -0.39 is 5.97 Å². The Morgan fingerprint density at radius 2 is 2.16 bits per heavy atom. The number of aromatic amines is 1. The summed E-state index contributed by atoms with van der Waals surface area (Å²) in [7, 11) is 0. The molecule has 1 aromatic heterocycles. The molecule has 5 heteroatoms. The van der Waals surface area contributed by atoms with Gasteiger partial charge >= 0.3 is 5.97 Å². The average Bonchev–Trinajstić information content (AvgIpc) is 3.09. The highest BCUT2D eigenvalue weighted by Crippen LogP contribution is 2.26. The highest BCUT2D eigenvalue weighted by atomic mass is 16.4. The number of nitrogens with one attached hydrogen (secondary N) is 1. The Morgan fingerprint density at radius 3 is 2.84 bits per heavy atom. The number of rotatable bonds is 3. The molecule has 2 N–H and O–H groups in total. The minimum absolute atomic E-state index is 0.281. The number of aliphatic carboxylic acids is 1. The van der Waals surface area contributed by atoms with E-state index in [4.69, 9.17) is 5.11 Å². The molecule has 1 atom stereocenters. The first-order chi connectivity index (χ1) is 9.24. The summed E-state index contributed by atoms with van der Waals surface area (Å²) in [4.78, 5) is 13.0. The quantitative estimate of drug-likeness (QED) is 0.882. The van der Waals surface area contributed by atoms with Crippen LogP contribution in [0.25, 0.3) is 11.3 Å². The second kappa shape index (κ2) is 4.76. The Hall–Kier alpha value is -2.30. The van der Waals surface area contributed by atoms with Crippen molar-refractivity contribution in [3.63, 3.8) is 0 Å². The minimum atomic E-state index is -0.721. The van der Waals surface area contributed by atoms with Crippen LogP contribution in [-0.4, -0.2) is 34.4 Å². The van der Waals surface area contributed by atoms with Gasteiger partial charge in [-0.15, -0.1) is 0 Å². The predicted octanol–water partition coefficient (Wildman–Crippen LogP) is 1.99. The normalized spacial score (nSPS) is 18.7. The van der Waals surface area contributed by atoms with E-state index in [2.05, 4.69) is 10.2 Å². The van der Waals surface area contributed by atoms with Gasteiger partial charge in [0.25, 0.3) is 0 Å². The van der Waals surface area contributed by atoms with Crippen molar-refractivity contribution in [1.29, 1.82) is 0 Å². The van der Waals surface area contributed by atoms with Crippen LogP contribution in [0.3, 0.4) is 0 Å². The Bertz CT molecular complexity index is 579. The molecule has 0 bridgehead atoms. The monoisotopic (exact) mass is 257 g/mol. The first kappa shape index (κ1) is 11.8. The van der Waals surface area contributed by atoms with E-state index in [0.717, 1.165) is 23.6 Å². The predicted molar refractivity (Wildman–Crippen MR) is 72.0 cm³/mol. The molecule has 0 amide bonds. The van der Waals surface area contributed by atoms with Crippen LogP contribution in [0.15, 0.2) is 36.4 Å². The van der Waals surface area contributed by atoms with E-state index in [0.29, 0.717) is 13.0 Å². The molecule has 0 saturated carbocycles. The second-order valence-corrected chi connectivity index (χ2v) is 4.78. The average molecular weight is 257 g/mol. The maximum Gasteiger partial charge on any atom is 0.308 e. The molecule has 0 aliphatic carbocycles. The van der Waals surface area contributed by atoms with Crippen LogP contribution in [0.1, 0.15) is 6.42 Å². The van der Waals surface area contributed by atoms with Crippen molar-refractivity contribution in [2.45, 2.75) is 6.42 Å². The summed E-state index contributed by atoms with van der Waals surface area (Å²) < 4.78 is 0. The van der Waals surface area contributed by atoms with Gasteiger partial charge in [-0.05, 0) is 12.0 Å². The smallest absolute Gasteiger partial charge is 0.308 e. The largest absolute Gasteiger partial charge is 0.481 e. The van der Waals surface area contributed by atoms with Gasteiger partial charge < -0.3 is 10.0 Å². The maximum absolute atomic E-state index is 11.0. The number of benzene rings is 1. The molecule has 2 heterocycles. The Balaban J connectivity index is 1.78. The van der Waals surface area contributed by atoms with Crippen molar-refractivity contribution in [3.8, 4) is 11.3 Å². The summed E-state index contributed by atoms with van der Waals surface area (Å²) in [5, 5.41) is 16.3. The fourth-order valence-electron chi connectivity index (χ4n) is 2.41. The van der Waals surface area contributed by atoms with Crippen LogP contribution in [0.5, 0.6) is 0 Å². The molecule has 0 radical (unpaired) electrons. The Labute approximate surface area is 110 Å². The fourth-order valence-corrected chi connectivity index (χ4v) is 2.41. The van der Waals surface area contributed by atoms with E-state index in [9.17, 15) is 4.79 Å². The lowest BCUT2D eigenvalue weighted by Crippen LogP contribution is -2.22. The third-order valence-electron chi connectivity index (χ3n) is 3.51. The lowest BCUT2D eigenvalue weighted by Gasteiger charge is -2.13. The van der Waals surface area contributed by atoms with Crippen LogP contribution in [-0.2, 0) is 4.79 Å². The molecule has 98 valence electrons. The van der Waals surface area contributed by atoms with Crippen molar-refractivity contribution in [2.75, 3.05) is 18.0 Å². The molecular formula is C14H15N3O2. The molecule has 1 aliphatic rings. The van der Waals surface area contributed by atoms with Crippen molar-refractivity contribution in [1.82, 2.24) is 10.2 Å². The van der Waals surface area contributed by atoms with E-state index in [-0.39, 0.29) is 5.92 Å². The number of aromatic nitrogens is 2. The van der Waals surface area contributed by atoms with Gasteiger partial charge in [0.2, 0.25) is 0 Å². The van der Waals surface area contributed by atoms with E-state index in [1.165, 1.54) is 0 Å². The van der Waals surface area contributed by atoms with Gasteiger partial charge in [0.1, 0.15) is 0 Å². The number of hydrogen-bond acceptors (Lipinski definition) is 3. The Kier molecular flexibility index (Phi) is 2.95. The highest BCUT2D eigenvalue weighted by molar-refractivity contribution is 5.72. The zero-order chi connectivity index (χ0) is 13.2. The first-order valence-electron chi connectivity index (χ1n) is 6.32. The summed E-state index contributed by atoms with van der Waals surface area (Å²) >= 11 is 0. The summed E-state index contributed by atoms with van der Waals surface area (Å²) in [5.74, 6) is -0.180. The van der Waals surface area contributed by atoms with Gasteiger partial charge in [-0.2, -0.15) is 5.10 Å². The molecule has 1 saturated heterocycles. The van der Waals surface area contributed by atoms with Crippen molar-refractivity contribution in [3.05, 3.63) is 36.4 Å². The van der Waals surface area contributed by atoms with Gasteiger partial charge in [-0.1, -0.05) is 30.3 Å². The number of anilines is 1. The molecule has 5 nitrogen and oxygen atoms in total. The molecular weight excluding hydrogens is 242 g/mol. The molecule has 19 heavy (non-hydrogen) atoms. The molecule has 2 aromatic rings. The van der Waals surface area contributed by atoms with E-state index >= 15 is 0 Å². The zero-order valence-electron chi connectivity index (χ0n) is 10.4. The summed E-state index contributed by atoms with van der Waals surface area (Å²) in [5.41, 5.74) is 2.03. The van der Waals surface area contributed by atoms with E-state index in [1.807, 2.05) is 41.3 Å². The van der Waals surface area contributed by atoms with Crippen LogP contribution in [0.4, 0.5) is 5.82 Å². The van der Waals surface area contributed by atoms with Crippen LogP contribution < -0.4 is 4.90 Å². The van der Waals surface area contributed by atoms with Crippen LogP contribution >= 0.6 is 0 Å². The number of nitrogens with zero attached hydrogens (tertiary/aromatic N) is 2. The zero-order valence-corrected chi connectivity index (χ0v) is 10.4. The third kappa shape index (κ3) is 2.31. The van der Waals surface area contributed by atoms with Gasteiger partial charge in [0, 0.05) is 19.2 Å². The Morgan fingerprint density at radius 1 is 1.37 bits per heavy atom. The first-order valence-corrected chi connectivity index (χ1v) is 6.32. The number of carboxylic acid groups (broad SMARTS) is 1. The van der Waals surface area contributed by atoms with Gasteiger partial charge in [-0.25, -0.2) is 0 Å². The number of carboxylic acids is 1. The molecule has 1 unspecified atom stereocenters. The SMILES string of the molecule is O=C(O)C1CCN(c2cc(-c3ccccc3)[nH]n2)C1. The molecule has 1 aromatic carbocycles. The molecule has 3 rings (SSSR count).